The zero-order valence-electron chi connectivity index (χ0n) is 17.3. The highest BCUT2D eigenvalue weighted by Crippen LogP contribution is 2.25. The molecule has 3 heterocycles. The number of carbonyl (C=O) groups is 1. The fourth-order valence-corrected chi connectivity index (χ4v) is 4.61. The average Bonchev–Trinajstić information content (AvgIpc) is 3.53. The van der Waals surface area contributed by atoms with Crippen LogP contribution in [0, 0.1) is 4.77 Å². The van der Waals surface area contributed by atoms with Crippen LogP contribution in [0.3, 0.4) is 0 Å². The summed E-state index contributed by atoms with van der Waals surface area (Å²) in [5.74, 6) is 1.56. The maximum absolute atomic E-state index is 12.5. The molecule has 2 N–H and O–H groups in total. The molecule has 32 heavy (non-hydrogen) atoms. The number of carbonyl (C=O) groups excluding carboxylic acids is 1. The van der Waals surface area contributed by atoms with Crippen LogP contribution in [0.1, 0.15) is 6.42 Å². The van der Waals surface area contributed by atoms with Crippen molar-refractivity contribution < 1.29 is 4.79 Å². The Labute approximate surface area is 193 Å². The van der Waals surface area contributed by atoms with Crippen molar-refractivity contribution in [2.75, 3.05) is 5.32 Å². The van der Waals surface area contributed by atoms with E-state index in [1.165, 1.54) is 0 Å². The summed E-state index contributed by atoms with van der Waals surface area (Å²) in [4.78, 5) is 18.3. The van der Waals surface area contributed by atoms with E-state index in [0.717, 1.165) is 38.8 Å². The summed E-state index contributed by atoms with van der Waals surface area (Å²) in [5, 5.41) is 12.1. The predicted octanol–water partition coefficient (Wildman–Crippen LogP) is 5.25. The van der Waals surface area contributed by atoms with E-state index in [1.54, 1.807) is 11.3 Å². The molecule has 0 saturated heterocycles. The minimum atomic E-state index is -0.0827. The third-order valence-corrected chi connectivity index (χ3v) is 6.45. The lowest BCUT2D eigenvalue weighted by Gasteiger charge is -2.08. The first-order chi connectivity index (χ1) is 15.6. The topological polar surface area (TPSA) is 80.5 Å². The molecule has 5 aromatic rings. The van der Waals surface area contributed by atoms with Crippen LogP contribution in [0.15, 0.2) is 66.0 Å². The number of anilines is 1. The minimum absolute atomic E-state index is 0.0827. The molecule has 0 unspecified atom stereocenters. The molecule has 0 fully saturated rings. The summed E-state index contributed by atoms with van der Waals surface area (Å²) in [5.41, 5.74) is 3.78. The molecule has 3 aromatic heterocycles. The Bertz CT molecular complexity index is 1440. The van der Waals surface area contributed by atoms with E-state index in [0.29, 0.717) is 17.7 Å². The van der Waals surface area contributed by atoms with Gasteiger partial charge >= 0.3 is 0 Å². The normalized spacial score (nSPS) is 11.2. The van der Waals surface area contributed by atoms with Crippen molar-refractivity contribution >= 4 is 46.2 Å². The van der Waals surface area contributed by atoms with Gasteiger partial charge in [-0.1, -0.05) is 18.2 Å². The Morgan fingerprint density at radius 3 is 2.66 bits per heavy atom. The summed E-state index contributed by atoms with van der Waals surface area (Å²) in [6, 6.07) is 19.7. The number of aromatic nitrogens is 5. The summed E-state index contributed by atoms with van der Waals surface area (Å²) >= 11 is 6.92. The van der Waals surface area contributed by atoms with Crippen LogP contribution < -0.4 is 5.32 Å². The minimum Gasteiger partial charge on any atom is -0.327 e. The maximum atomic E-state index is 12.5. The molecule has 0 aliphatic heterocycles. The van der Waals surface area contributed by atoms with Gasteiger partial charge in [0.05, 0.1) is 15.9 Å². The predicted molar refractivity (Wildman–Crippen MR) is 130 cm³/mol. The number of amides is 1. The van der Waals surface area contributed by atoms with Crippen LogP contribution in [0.25, 0.3) is 33.1 Å². The van der Waals surface area contributed by atoms with E-state index in [-0.39, 0.29) is 5.91 Å². The molecule has 2 aromatic carbocycles. The highest BCUT2D eigenvalue weighted by Gasteiger charge is 2.12. The zero-order valence-corrected chi connectivity index (χ0v) is 18.9. The van der Waals surface area contributed by atoms with E-state index < -0.39 is 0 Å². The first-order valence-electron chi connectivity index (χ1n) is 10.1. The quantitative estimate of drug-likeness (QED) is 0.339. The van der Waals surface area contributed by atoms with Crippen LogP contribution >= 0.6 is 23.6 Å². The highest BCUT2D eigenvalue weighted by molar-refractivity contribution is 7.71. The maximum Gasteiger partial charge on any atom is 0.226 e. The SMILES string of the molecule is Cn1c(-c2ccc(NC(=O)CCn3c(-c4cccs4)n[nH]c3=S)cc2)nc2ccccc21. The second-order valence-corrected chi connectivity index (χ2v) is 8.67. The average molecular weight is 461 g/mol. The molecule has 0 radical (unpaired) electrons. The second-order valence-electron chi connectivity index (χ2n) is 7.34. The summed E-state index contributed by atoms with van der Waals surface area (Å²) in [6.07, 6.45) is 0.290. The number of imidazole rings is 1. The molecule has 7 nitrogen and oxygen atoms in total. The summed E-state index contributed by atoms with van der Waals surface area (Å²) in [7, 11) is 2.01. The van der Waals surface area contributed by atoms with Crippen molar-refractivity contribution in [3.63, 3.8) is 0 Å². The Morgan fingerprint density at radius 1 is 1.09 bits per heavy atom. The van der Waals surface area contributed by atoms with Crippen LogP contribution in [0.4, 0.5) is 5.69 Å². The number of aromatic amines is 1. The van der Waals surface area contributed by atoms with Gasteiger partial charge in [0.15, 0.2) is 10.6 Å². The monoisotopic (exact) mass is 460 g/mol. The molecular formula is C23H20N6OS2. The van der Waals surface area contributed by atoms with Gasteiger partial charge in [-0.05, 0) is 60.1 Å². The fourth-order valence-electron chi connectivity index (χ4n) is 3.66. The molecule has 0 atom stereocenters. The van der Waals surface area contributed by atoms with E-state index >= 15 is 0 Å². The molecule has 0 saturated carbocycles. The lowest BCUT2D eigenvalue weighted by atomic mass is 10.2. The summed E-state index contributed by atoms with van der Waals surface area (Å²) in [6.45, 7) is 0.451. The van der Waals surface area contributed by atoms with Gasteiger partial charge in [0.25, 0.3) is 0 Å². The smallest absolute Gasteiger partial charge is 0.226 e. The second kappa shape index (κ2) is 8.52. The number of benzene rings is 2. The Kier molecular flexibility index (Phi) is 5.42. The Hall–Kier alpha value is -3.56. The van der Waals surface area contributed by atoms with Gasteiger partial charge in [0, 0.05) is 31.3 Å². The number of H-pyrrole nitrogens is 1. The number of rotatable bonds is 6. The van der Waals surface area contributed by atoms with Gasteiger partial charge in [-0.3, -0.25) is 14.5 Å². The van der Waals surface area contributed by atoms with Gasteiger partial charge in [0.1, 0.15) is 5.82 Å². The van der Waals surface area contributed by atoms with Gasteiger partial charge in [0.2, 0.25) is 5.91 Å². The van der Waals surface area contributed by atoms with Gasteiger partial charge in [-0.25, -0.2) is 4.98 Å². The van der Waals surface area contributed by atoms with E-state index in [1.807, 2.05) is 71.6 Å². The van der Waals surface area contributed by atoms with Gasteiger partial charge in [-0.15, -0.1) is 11.3 Å². The third-order valence-electron chi connectivity index (χ3n) is 5.28. The highest BCUT2D eigenvalue weighted by atomic mass is 32.1. The van der Waals surface area contributed by atoms with Crippen molar-refractivity contribution in [1.82, 2.24) is 24.3 Å². The van der Waals surface area contributed by atoms with Crippen LogP contribution in [0.5, 0.6) is 0 Å². The van der Waals surface area contributed by atoms with Crippen LogP contribution in [-0.4, -0.2) is 30.2 Å². The number of aryl methyl sites for hydroxylation is 1. The zero-order chi connectivity index (χ0) is 22.1. The third kappa shape index (κ3) is 3.88. The van der Waals surface area contributed by atoms with Gasteiger partial charge < -0.3 is 9.88 Å². The number of nitrogens with zero attached hydrogens (tertiary/aromatic N) is 4. The lowest BCUT2D eigenvalue weighted by Crippen LogP contribution is -2.15. The number of para-hydroxylation sites is 2. The van der Waals surface area contributed by atoms with Crippen molar-refractivity contribution in [3.8, 4) is 22.1 Å². The Morgan fingerprint density at radius 2 is 1.91 bits per heavy atom. The molecule has 0 bridgehead atoms. The standard InChI is InChI=1S/C23H20N6OS2/c1-28-18-6-3-2-5-17(18)25-21(28)15-8-10-16(11-9-15)24-20(30)12-13-29-22(26-27-23(29)31)19-7-4-14-32-19/h2-11,14H,12-13H2,1H3,(H,24,30)(H,27,31). The van der Waals surface area contributed by atoms with Crippen molar-refractivity contribution in [1.29, 1.82) is 0 Å². The molecule has 1 amide bonds. The molecule has 5 rings (SSSR count). The number of nitrogens with one attached hydrogen (secondary N) is 2. The molecular weight excluding hydrogens is 440 g/mol. The number of hydrogen-bond donors (Lipinski definition) is 2. The van der Waals surface area contributed by atoms with Crippen molar-refractivity contribution in [2.45, 2.75) is 13.0 Å². The number of fused-ring (bicyclic) bond motifs is 1. The molecule has 160 valence electrons. The summed E-state index contributed by atoms with van der Waals surface area (Å²) < 4.78 is 4.44. The molecule has 0 spiro atoms. The van der Waals surface area contributed by atoms with E-state index in [2.05, 4.69) is 26.1 Å². The first-order valence-corrected chi connectivity index (χ1v) is 11.4. The first kappa shape index (κ1) is 20.3. The number of thiophene rings is 1. The van der Waals surface area contributed by atoms with E-state index in [4.69, 9.17) is 17.2 Å². The van der Waals surface area contributed by atoms with Crippen LogP contribution in [0.2, 0.25) is 0 Å². The Balaban J connectivity index is 1.26. The lowest BCUT2D eigenvalue weighted by molar-refractivity contribution is -0.116. The van der Waals surface area contributed by atoms with Crippen LogP contribution in [-0.2, 0) is 18.4 Å². The largest absolute Gasteiger partial charge is 0.327 e. The van der Waals surface area contributed by atoms with Crippen molar-refractivity contribution in [3.05, 3.63) is 70.8 Å². The fraction of sp³-hybridized carbons (Fsp3) is 0.130. The molecule has 9 heteroatoms. The van der Waals surface area contributed by atoms with Gasteiger partial charge in [-0.2, -0.15) is 5.10 Å². The number of hydrogen-bond acceptors (Lipinski definition) is 5. The molecule has 0 aliphatic rings. The van der Waals surface area contributed by atoms with Crippen molar-refractivity contribution in [2.24, 2.45) is 7.05 Å². The molecule has 0 aliphatic carbocycles. The van der Waals surface area contributed by atoms with E-state index in [9.17, 15) is 4.79 Å².